The van der Waals surface area contributed by atoms with Gasteiger partial charge in [0.2, 0.25) is 5.91 Å². The molecule has 0 aromatic rings. The van der Waals surface area contributed by atoms with E-state index in [4.69, 9.17) is 4.74 Å². The largest absolute Gasteiger partial charge is 0.466 e. The first-order valence-electron chi connectivity index (χ1n) is 37.5. The molecule has 0 saturated heterocycles. The molecule has 482 valence electrons. The highest BCUT2D eigenvalue weighted by molar-refractivity contribution is 5.76. The highest BCUT2D eigenvalue weighted by Crippen LogP contribution is 2.20. The van der Waals surface area contributed by atoms with E-state index in [-0.39, 0.29) is 18.5 Å². The molecule has 0 spiro atoms. The normalized spacial score (nSPS) is 12.5. The number of aliphatic hydroxyl groups excluding tert-OH is 2. The number of hydrogen-bond donors (Lipinski definition) is 3. The molecule has 0 aliphatic heterocycles. The lowest BCUT2D eigenvalue weighted by Gasteiger charge is -2.20. The highest BCUT2D eigenvalue weighted by atomic mass is 16.5. The van der Waals surface area contributed by atoms with Gasteiger partial charge in [-0.05, 0) is 32.1 Å². The van der Waals surface area contributed by atoms with Crippen LogP contribution < -0.4 is 5.32 Å². The van der Waals surface area contributed by atoms with Crippen molar-refractivity contribution < 1.29 is 24.5 Å². The van der Waals surface area contributed by atoms with Crippen LogP contribution in [-0.2, 0) is 14.3 Å². The maximum atomic E-state index is 12.5. The Labute approximate surface area is 508 Å². The molecular formula is C75H147NO5. The van der Waals surface area contributed by atoms with Crippen molar-refractivity contribution in [3.63, 3.8) is 0 Å². The average molecular weight is 1140 g/mol. The number of carbonyl (C=O) groups excluding carboxylic acids is 2. The Morgan fingerprint density at radius 3 is 0.840 bits per heavy atom. The maximum absolute atomic E-state index is 12.5. The van der Waals surface area contributed by atoms with Crippen LogP contribution in [0.2, 0.25) is 0 Å². The van der Waals surface area contributed by atoms with Crippen LogP contribution in [0.15, 0.2) is 12.2 Å². The molecule has 0 aliphatic rings. The van der Waals surface area contributed by atoms with Gasteiger partial charge >= 0.3 is 5.97 Å². The quantitative estimate of drug-likeness (QED) is 0.0320. The predicted molar refractivity (Wildman–Crippen MR) is 357 cm³/mol. The van der Waals surface area contributed by atoms with Gasteiger partial charge in [-0.25, -0.2) is 0 Å². The first-order chi connectivity index (χ1) is 40.0. The van der Waals surface area contributed by atoms with Gasteiger partial charge in [0.05, 0.1) is 25.4 Å². The topological polar surface area (TPSA) is 95.9 Å². The molecule has 0 aromatic heterocycles. The van der Waals surface area contributed by atoms with Crippen LogP contribution in [0.1, 0.15) is 431 Å². The fourth-order valence-electron chi connectivity index (χ4n) is 12.1. The van der Waals surface area contributed by atoms with Crippen molar-refractivity contribution in [2.45, 2.75) is 443 Å². The van der Waals surface area contributed by atoms with Crippen LogP contribution >= 0.6 is 0 Å². The van der Waals surface area contributed by atoms with Gasteiger partial charge in [0.1, 0.15) is 0 Å². The Hall–Kier alpha value is -1.40. The first kappa shape index (κ1) is 79.6. The van der Waals surface area contributed by atoms with Gasteiger partial charge in [0.25, 0.3) is 0 Å². The van der Waals surface area contributed by atoms with Gasteiger partial charge in [-0.1, -0.05) is 398 Å². The smallest absolute Gasteiger partial charge is 0.305 e. The zero-order chi connectivity index (χ0) is 58.5. The Morgan fingerprint density at radius 1 is 0.333 bits per heavy atom. The van der Waals surface area contributed by atoms with Crippen LogP contribution in [0, 0.1) is 0 Å². The second kappa shape index (κ2) is 71.1. The molecule has 1 amide bonds. The van der Waals surface area contributed by atoms with Crippen LogP contribution in [0.25, 0.3) is 0 Å². The van der Waals surface area contributed by atoms with Crippen LogP contribution in [0.3, 0.4) is 0 Å². The zero-order valence-electron chi connectivity index (χ0n) is 55.3. The summed E-state index contributed by atoms with van der Waals surface area (Å²) in [5, 5.41) is 23.3. The number of nitrogens with one attached hydrogen (secondary N) is 1. The number of unbranched alkanes of at least 4 members (excludes halogenated alkanes) is 60. The summed E-state index contributed by atoms with van der Waals surface area (Å²) in [6, 6.07) is -0.625. The van der Waals surface area contributed by atoms with Crippen molar-refractivity contribution in [3.8, 4) is 0 Å². The Morgan fingerprint density at radius 2 is 0.568 bits per heavy atom. The highest BCUT2D eigenvalue weighted by Gasteiger charge is 2.18. The molecule has 3 N–H and O–H groups in total. The van der Waals surface area contributed by atoms with E-state index in [1.807, 2.05) is 6.08 Å². The maximum Gasteiger partial charge on any atom is 0.305 e. The number of allylic oxidation sites excluding steroid dienone is 1. The van der Waals surface area contributed by atoms with Crippen molar-refractivity contribution in [2.75, 3.05) is 13.2 Å². The molecule has 0 radical (unpaired) electrons. The summed E-state index contributed by atoms with van der Waals surface area (Å²) in [5.74, 6) is -0.0383. The van der Waals surface area contributed by atoms with Gasteiger partial charge in [-0.2, -0.15) is 0 Å². The second-order valence-corrected chi connectivity index (χ2v) is 26.0. The number of carbonyl (C=O) groups is 2. The predicted octanol–water partition coefficient (Wildman–Crippen LogP) is 24.3. The fraction of sp³-hybridized carbons (Fsp3) is 0.947. The minimum absolute atomic E-state index is 0.0205. The number of rotatable bonds is 71. The van der Waals surface area contributed by atoms with E-state index in [2.05, 4.69) is 19.2 Å². The SMILES string of the molecule is CCCCCCCCCCCCCCCCCCCCCCC/C=C/C(O)C(CO)NC(=O)CCCCCCCCCCCCCCCCCCCCCCCCCCCCCCCCOC(=O)CCCCCCCCCCCCC. The van der Waals surface area contributed by atoms with Gasteiger partial charge in [-0.15, -0.1) is 0 Å². The van der Waals surface area contributed by atoms with Crippen molar-refractivity contribution in [1.29, 1.82) is 0 Å². The third-order valence-corrected chi connectivity index (χ3v) is 17.8. The molecule has 0 rings (SSSR count). The van der Waals surface area contributed by atoms with E-state index in [9.17, 15) is 19.8 Å². The molecule has 6 heteroatoms. The molecular weight excluding hydrogens is 995 g/mol. The number of esters is 1. The third-order valence-electron chi connectivity index (χ3n) is 17.8. The lowest BCUT2D eigenvalue weighted by molar-refractivity contribution is -0.143. The Bertz CT molecular complexity index is 1220. The Balaban J connectivity index is 3.36. The molecule has 0 saturated carbocycles. The molecule has 81 heavy (non-hydrogen) atoms. The summed E-state index contributed by atoms with van der Waals surface area (Å²) < 4.78 is 5.48. The second-order valence-electron chi connectivity index (χ2n) is 26.0. The lowest BCUT2D eigenvalue weighted by Crippen LogP contribution is -2.45. The number of ether oxygens (including phenoxy) is 1. The monoisotopic (exact) mass is 1140 g/mol. The molecule has 2 atom stereocenters. The minimum Gasteiger partial charge on any atom is -0.466 e. The van der Waals surface area contributed by atoms with Gasteiger partial charge < -0.3 is 20.3 Å². The fourth-order valence-corrected chi connectivity index (χ4v) is 12.1. The number of amides is 1. The summed E-state index contributed by atoms with van der Waals surface area (Å²) in [6.07, 6.45) is 88.9. The van der Waals surface area contributed by atoms with E-state index in [1.165, 1.54) is 366 Å². The van der Waals surface area contributed by atoms with Crippen molar-refractivity contribution in [1.82, 2.24) is 5.32 Å². The number of aliphatic hydroxyl groups is 2. The summed E-state index contributed by atoms with van der Waals surface area (Å²) in [5.41, 5.74) is 0. The van der Waals surface area contributed by atoms with Crippen molar-refractivity contribution >= 4 is 11.9 Å². The van der Waals surface area contributed by atoms with Gasteiger partial charge in [-0.3, -0.25) is 9.59 Å². The molecule has 2 unspecified atom stereocenters. The average Bonchev–Trinajstić information content (AvgIpc) is 3.47. The Kier molecular flexibility index (Phi) is 69.9. The minimum atomic E-state index is -0.842. The van der Waals surface area contributed by atoms with Crippen molar-refractivity contribution in [3.05, 3.63) is 12.2 Å². The van der Waals surface area contributed by atoms with Crippen molar-refractivity contribution in [2.24, 2.45) is 0 Å². The van der Waals surface area contributed by atoms with E-state index in [0.717, 1.165) is 38.5 Å². The third kappa shape index (κ3) is 67.6. The van der Waals surface area contributed by atoms with E-state index < -0.39 is 12.1 Å². The van der Waals surface area contributed by atoms with Crippen LogP contribution in [0.4, 0.5) is 0 Å². The summed E-state index contributed by atoms with van der Waals surface area (Å²) in [4.78, 5) is 24.6. The van der Waals surface area contributed by atoms with Crippen LogP contribution in [0.5, 0.6) is 0 Å². The van der Waals surface area contributed by atoms with Gasteiger partial charge in [0, 0.05) is 12.8 Å². The zero-order valence-corrected chi connectivity index (χ0v) is 55.3. The summed E-state index contributed by atoms with van der Waals surface area (Å²) >= 11 is 0. The summed E-state index contributed by atoms with van der Waals surface area (Å²) in [7, 11) is 0. The molecule has 0 heterocycles. The summed E-state index contributed by atoms with van der Waals surface area (Å²) in [6.45, 7) is 4.95. The molecule has 0 aliphatic carbocycles. The first-order valence-corrected chi connectivity index (χ1v) is 37.5. The molecule has 0 bridgehead atoms. The van der Waals surface area contributed by atoms with E-state index in [0.29, 0.717) is 19.4 Å². The van der Waals surface area contributed by atoms with Crippen LogP contribution in [-0.4, -0.2) is 47.4 Å². The lowest BCUT2D eigenvalue weighted by atomic mass is 10.0. The molecule has 0 fully saturated rings. The van der Waals surface area contributed by atoms with E-state index >= 15 is 0 Å². The standard InChI is InChI=1S/C75H147NO5/c1-3-5-7-9-11-13-15-16-17-18-19-20-29-32-35-38-41-44-48-51-55-59-63-67-73(78)72(71-77)76-74(79)68-64-60-56-52-49-45-42-39-36-33-30-27-25-23-21-22-24-26-28-31-34-37-40-43-46-50-54-58-62-66-70-81-75(80)69-65-61-57-53-47-14-12-10-8-6-4-2/h63,67,72-73,77-78H,3-62,64-66,68-71H2,1-2H3,(H,76,79)/b67-63+. The number of hydrogen-bond acceptors (Lipinski definition) is 5. The van der Waals surface area contributed by atoms with Gasteiger partial charge in [0.15, 0.2) is 0 Å². The van der Waals surface area contributed by atoms with E-state index in [1.54, 1.807) is 6.08 Å². The molecule has 6 nitrogen and oxygen atoms in total. The molecule has 0 aromatic carbocycles.